The fourth-order valence-corrected chi connectivity index (χ4v) is 6.38. The molecule has 0 N–H and O–H groups in total. The first kappa shape index (κ1) is 65.5. The summed E-state index contributed by atoms with van der Waals surface area (Å²) in [6.07, 6.45) is 86.1. The van der Waals surface area contributed by atoms with Gasteiger partial charge in [-0.15, -0.1) is 0 Å². The van der Waals surface area contributed by atoms with Crippen molar-refractivity contribution in [1.82, 2.24) is 0 Å². The normalized spacial score (nSPS) is 13.6. The molecule has 0 heterocycles. The fourth-order valence-electron chi connectivity index (χ4n) is 6.38. The predicted octanol–water partition coefficient (Wildman–Crippen LogP) is 18.5. The van der Waals surface area contributed by atoms with Crippen LogP contribution in [0.25, 0.3) is 0 Å². The van der Waals surface area contributed by atoms with E-state index in [1.165, 1.54) is 25.7 Å². The van der Waals surface area contributed by atoms with E-state index in [1.807, 2.05) is 12.2 Å². The molecule has 0 aliphatic heterocycles. The molecule has 0 radical (unpaired) electrons. The number of carbonyl (C=O) groups is 3. The Morgan fingerprint density at radius 1 is 0.296 bits per heavy atom. The van der Waals surface area contributed by atoms with E-state index in [1.54, 1.807) is 0 Å². The van der Waals surface area contributed by atoms with E-state index < -0.39 is 18.0 Å². The lowest BCUT2D eigenvalue weighted by Crippen LogP contribution is -2.30. The maximum Gasteiger partial charge on any atom is 0.306 e. The first-order valence-corrected chi connectivity index (χ1v) is 27.3. The minimum Gasteiger partial charge on any atom is -0.462 e. The molecule has 0 aliphatic rings. The van der Waals surface area contributed by atoms with Crippen LogP contribution in [0.4, 0.5) is 0 Å². The molecular formula is C65H96O6. The van der Waals surface area contributed by atoms with Crippen molar-refractivity contribution < 1.29 is 28.6 Å². The Balaban J connectivity index is 4.72. The summed E-state index contributed by atoms with van der Waals surface area (Å²) < 4.78 is 16.7. The van der Waals surface area contributed by atoms with E-state index >= 15 is 0 Å². The highest BCUT2D eigenvalue weighted by Gasteiger charge is 2.19. The maximum absolute atomic E-state index is 12.8. The molecule has 1 atom stereocenters. The lowest BCUT2D eigenvalue weighted by Gasteiger charge is -2.18. The number of carbonyl (C=O) groups excluding carboxylic acids is 3. The number of hydrogen-bond acceptors (Lipinski definition) is 6. The lowest BCUT2D eigenvalue weighted by atomic mass is 10.2. The van der Waals surface area contributed by atoms with Gasteiger partial charge in [0.2, 0.25) is 0 Å². The second-order valence-corrected chi connectivity index (χ2v) is 17.0. The van der Waals surface area contributed by atoms with Crippen LogP contribution in [-0.2, 0) is 28.6 Å². The standard InChI is InChI=1S/C65H96O6/c1-4-7-10-13-16-19-22-25-28-31-32-35-37-40-43-46-49-52-55-58-64(67)70-61-62(71-65(68)59-56-53-50-47-44-41-38-34-30-27-24-21-18-15-12-9-6-3)60-69-63(66)57-54-51-48-45-42-39-36-33-29-26-23-20-17-14-11-8-5-2/h7,9-10,12,16-21,25-30,32,35-36,38-41,43,45,47-50,52,62H,4-6,8,11,13-15,22-24,31,33-34,37,42,44,46,51,53-61H2,1-3H3/b10-7+,12-9+,19-16+,20-17+,21-18+,28-25+,29-26+,30-27+,35-32+,39-36+,41-38+,43-40+,48-45+,50-47+,52-49+/t62-/m1/s1. The van der Waals surface area contributed by atoms with Crippen molar-refractivity contribution in [3.8, 4) is 0 Å². The molecule has 0 aromatic heterocycles. The molecule has 0 saturated heterocycles. The van der Waals surface area contributed by atoms with Gasteiger partial charge in [0.05, 0.1) is 0 Å². The van der Waals surface area contributed by atoms with Gasteiger partial charge in [-0.3, -0.25) is 14.4 Å². The summed E-state index contributed by atoms with van der Waals surface area (Å²) in [7, 11) is 0. The summed E-state index contributed by atoms with van der Waals surface area (Å²) in [5, 5.41) is 0. The van der Waals surface area contributed by atoms with E-state index in [4.69, 9.17) is 14.2 Å². The molecule has 392 valence electrons. The van der Waals surface area contributed by atoms with Crippen LogP contribution in [0.1, 0.15) is 188 Å². The Morgan fingerprint density at radius 2 is 0.563 bits per heavy atom. The number of allylic oxidation sites excluding steroid dienone is 30. The SMILES string of the molecule is CC/C=C/C/C=C/C/C=C/C/C=C/C/C=C/C/C=C/CCC(=O)OC[C@@H](COC(=O)CCC/C=C/C/C=C/C/C=C/C/C=C/CCCCC)OC(=O)CCC/C=C/C/C=C/C/C=C/C/C=C/C/C=C/CC. The summed E-state index contributed by atoms with van der Waals surface area (Å²) in [5.74, 6) is -1.17. The van der Waals surface area contributed by atoms with Crippen LogP contribution in [0.5, 0.6) is 0 Å². The van der Waals surface area contributed by atoms with E-state index in [-0.39, 0.29) is 38.4 Å². The van der Waals surface area contributed by atoms with Gasteiger partial charge >= 0.3 is 17.9 Å². The minimum absolute atomic E-state index is 0.163. The van der Waals surface area contributed by atoms with Crippen molar-refractivity contribution in [2.24, 2.45) is 0 Å². The molecule has 0 fully saturated rings. The van der Waals surface area contributed by atoms with Gasteiger partial charge in [-0.05, 0) is 135 Å². The van der Waals surface area contributed by atoms with Gasteiger partial charge < -0.3 is 14.2 Å². The minimum atomic E-state index is -0.872. The van der Waals surface area contributed by atoms with Gasteiger partial charge in [0.15, 0.2) is 6.10 Å². The van der Waals surface area contributed by atoms with Crippen molar-refractivity contribution in [3.63, 3.8) is 0 Å². The van der Waals surface area contributed by atoms with Crippen LogP contribution in [0, 0.1) is 0 Å². The van der Waals surface area contributed by atoms with Crippen LogP contribution < -0.4 is 0 Å². The number of esters is 3. The van der Waals surface area contributed by atoms with Gasteiger partial charge in [-0.25, -0.2) is 0 Å². The Morgan fingerprint density at radius 3 is 0.887 bits per heavy atom. The molecule has 6 nitrogen and oxygen atoms in total. The highest BCUT2D eigenvalue weighted by molar-refractivity contribution is 5.71. The molecule has 0 spiro atoms. The largest absolute Gasteiger partial charge is 0.462 e. The molecule has 0 aromatic rings. The summed E-state index contributed by atoms with van der Waals surface area (Å²) in [6.45, 7) is 6.19. The molecule has 0 rings (SSSR count). The zero-order valence-corrected chi connectivity index (χ0v) is 44.6. The summed E-state index contributed by atoms with van der Waals surface area (Å²) in [4.78, 5) is 38.0. The van der Waals surface area contributed by atoms with Gasteiger partial charge in [0.25, 0.3) is 0 Å². The van der Waals surface area contributed by atoms with Crippen LogP contribution in [0.15, 0.2) is 182 Å². The quantitative estimate of drug-likeness (QED) is 0.0262. The van der Waals surface area contributed by atoms with Gasteiger partial charge in [0, 0.05) is 19.3 Å². The van der Waals surface area contributed by atoms with Crippen LogP contribution in [-0.4, -0.2) is 37.2 Å². The molecule has 0 unspecified atom stereocenters. The maximum atomic E-state index is 12.8. The van der Waals surface area contributed by atoms with Crippen molar-refractivity contribution >= 4 is 17.9 Å². The van der Waals surface area contributed by atoms with Crippen molar-refractivity contribution in [2.45, 2.75) is 194 Å². The van der Waals surface area contributed by atoms with Crippen LogP contribution >= 0.6 is 0 Å². The lowest BCUT2D eigenvalue weighted by molar-refractivity contribution is -0.166. The Kier molecular flexibility index (Phi) is 52.7. The monoisotopic (exact) mass is 973 g/mol. The number of hydrogen-bond donors (Lipinski definition) is 0. The third-order valence-corrected chi connectivity index (χ3v) is 10.4. The first-order chi connectivity index (χ1) is 35.0. The van der Waals surface area contributed by atoms with Gasteiger partial charge in [-0.1, -0.05) is 216 Å². The molecular weight excluding hydrogens is 877 g/mol. The molecule has 0 saturated carbocycles. The second-order valence-electron chi connectivity index (χ2n) is 17.0. The Hall–Kier alpha value is -5.49. The number of ether oxygens (including phenoxy) is 3. The zero-order valence-electron chi connectivity index (χ0n) is 44.6. The topological polar surface area (TPSA) is 78.9 Å². The summed E-state index contributed by atoms with van der Waals surface area (Å²) in [5.41, 5.74) is 0. The molecule has 0 aliphatic carbocycles. The third kappa shape index (κ3) is 55.3. The first-order valence-electron chi connectivity index (χ1n) is 27.3. The number of rotatable bonds is 46. The van der Waals surface area contributed by atoms with Crippen LogP contribution in [0.3, 0.4) is 0 Å². The van der Waals surface area contributed by atoms with Crippen LogP contribution in [0.2, 0.25) is 0 Å². The molecule has 0 aromatic carbocycles. The van der Waals surface area contributed by atoms with Crippen molar-refractivity contribution in [3.05, 3.63) is 182 Å². The predicted molar refractivity (Wildman–Crippen MR) is 306 cm³/mol. The van der Waals surface area contributed by atoms with Gasteiger partial charge in [-0.2, -0.15) is 0 Å². The second kappa shape index (κ2) is 57.1. The Labute approximate surface area is 434 Å². The van der Waals surface area contributed by atoms with Gasteiger partial charge in [0.1, 0.15) is 13.2 Å². The van der Waals surface area contributed by atoms with Crippen molar-refractivity contribution in [2.75, 3.05) is 13.2 Å². The smallest absolute Gasteiger partial charge is 0.306 e. The highest BCUT2D eigenvalue weighted by Crippen LogP contribution is 2.08. The highest BCUT2D eigenvalue weighted by atomic mass is 16.6. The van der Waals surface area contributed by atoms with E-state index in [2.05, 4.69) is 191 Å². The molecule has 0 bridgehead atoms. The summed E-state index contributed by atoms with van der Waals surface area (Å²) >= 11 is 0. The molecule has 6 heteroatoms. The molecule has 0 amide bonds. The van der Waals surface area contributed by atoms with E-state index in [9.17, 15) is 14.4 Å². The average molecular weight is 973 g/mol. The van der Waals surface area contributed by atoms with E-state index in [0.717, 1.165) is 103 Å². The fraction of sp³-hybridized carbons (Fsp3) is 0.492. The van der Waals surface area contributed by atoms with E-state index in [0.29, 0.717) is 19.3 Å². The number of unbranched alkanes of at least 4 members (excludes halogenated alkanes) is 5. The Bertz CT molecular complexity index is 1730. The summed E-state index contributed by atoms with van der Waals surface area (Å²) in [6, 6.07) is 0. The average Bonchev–Trinajstić information content (AvgIpc) is 3.37. The zero-order chi connectivity index (χ0) is 51.4. The third-order valence-electron chi connectivity index (χ3n) is 10.4. The van der Waals surface area contributed by atoms with Crippen molar-refractivity contribution in [1.29, 1.82) is 0 Å². The molecule has 71 heavy (non-hydrogen) atoms.